The van der Waals surface area contributed by atoms with Crippen LogP contribution in [0.25, 0.3) is 0 Å². The molecule has 0 spiro atoms. The molecule has 0 atom stereocenters. The predicted octanol–water partition coefficient (Wildman–Crippen LogP) is 1.17. The van der Waals surface area contributed by atoms with E-state index in [-0.39, 0.29) is 24.8 Å². The summed E-state index contributed by atoms with van der Waals surface area (Å²) in [6, 6.07) is 0. The van der Waals surface area contributed by atoms with Crippen LogP contribution in [-0.4, -0.2) is 63.2 Å². The first-order valence-corrected chi connectivity index (χ1v) is 6.48. The molecule has 4 nitrogen and oxygen atoms in total. The smallest absolute Gasteiger partial charge is 0.000977 e. The highest BCUT2D eigenvalue weighted by molar-refractivity contribution is 5.85. The first-order chi connectivity index (χ1) is 7.70. The second-order valence-corrected chi connectivity index (χ2v) is 4.60. The van der Waals surface area contributed by atoms with Crippen molar-refractivity contribution in [3.63, 3.8) is 0 Å². The number of unbranched alkanes of at least 4 members (excludes halogenated alkanes) is 1. The van der Waals surface area contributed by atoms with Crippen molar-refractivity contribution in [1.82, 2.24) is 9.80 Å². The summed E-state index contributed by atoms with van der Waals surface area (Å²) in [5.74, 6) is 0. The van der Waals surface area contributed by atoms with Crippen molar-refractivity contribution in [1.29, 1.82) is 0 Å². The van der Waals surface area contributed by atoms with Crippen molar-refractivity contribution in [3.8, 4) is 0 Å². The van der Waals surface area contributed by atoms with Crippen LogP contribution < -0.4 is 11.5 Å². The van der Waals surface area contributed by atoms with Crippen molar-refractivity contribution in [2.75, 3.05) is 53.4 Å². The van der Waals surface area contributed by atoms with Crippen molar-refractivity contribution in [3.05, 3.63) is 0 Å². The van der Waals surface area contributed by atoms with Gasteiger partial charge in [-0.3, -0.25) is 0 Å². The average Bonchev–Trinajstić information content (AvgIpc) is 2.29. The van der Waals surface area contributed by atoms with Gasteiger partial charge in [-0.25, -0.2) is 0 Å². The first kappa shape index (κ1) is 23.5. The minimum absolute atomic E-state index is 0. The number of hydrogen-bond acceptors (Lipinski definition) is 4. The Hall–Kier alpha value is 0.420. The van der Waals surface area contributed by atoms with Crippen LogP contribution >= 0.6 is 24.8 Å². The average molecular weight is 303 g/mol. The van der Waals surface area contributed by atoms with Gasteiger partial charge < -0.3 is 21.3 Å². The molecule has 0 saturated heterocycles. The third kappa shape index (κ3) is 16.4. The highest BCUT2D eigenvalue weighted by atomic mass is 35.5. The highest BCUT2D eigenvalue weighted by Gasteiger charge is 1.99. The van der Waals surface area contributed by atoms with Crippen molar-refractivity contribution < 1.29 is 0 Å². The Balaban J connectivity index is -0.00000112. The molecule has 0 saturated carbocycles. The van der Waals surface area contributed by atoms with E-state index in [1.54, 1.807) is 0 Å². The number of rotatable bonds is 11. The SMILES string of the molecule is CN(CCCN)CCCCN(C)CCCN.Cl.Cl. The van der Waals surface area contributed by atoms with Gasteiger partial charge in [-0.1, -0.05) is 0 Å². The number of hydrogen-bond donors (Lipinski definition) is 2. The maximum Gasteiger partial charge on any atom is -0.000977 e. The Morgan fingerprint density at radius 2 is 0.889 bits per heavy atom. The summed E-state index contributed by atoms with van der Waals surface area (Å²) in [6.07, 6.45) is 4.75. The Kier molecular flexibility index (Phi) is 22.8. The van der Waals surface area contributed by atoms with Gasteiger partial charge in [-0.15, -0.1) is 24.8 Å². The fraction of sp³-hybridized carbons (Fsp3) is 1.00. The fourth-order valence-electron chi connectivity index (χ4n) is 1.71. The van der Waals surface area contributed by atoms with Gasteiger partial charge in [0.15, 0.2) is 0 Å². The molecule has 0 aromatic rings. The van der Waals surface area contributed by atoms with E-state index in [9.17, 15) is 0 Å². The Labute approximate surface area is 125 Å². The molecule has 114 valence electrons. The minimum atomic E-state index is 0. The van der Waals surface area contributed by atoms with Gasteiger partial charge in [0.05, 0.1) is 0 Å². The van der Waals surface area contributed by atoms with E-state index in [2.05, 4.69) is 23.9 Å². The lowest BCUT2D eigenvalue weighted by Gasteiger charge is -2.18. The van der Waals surface area contributed by atoms with E-state index in [1.807, 2.05) is 0 Å². The van der Waals surface area contributed by atoms with Gasteiger partial charge in [0.1, 0.15) is 0 Å². The number of halogens is 2. The van der Waals surface area contributed by atoms with Gasteiger partial charge >= 0.3 is 0 Å². The number of nitrogens with zero attached hydrogens (tertiary/aromatic N) is 2. The van der Waals surface area contributed by atoms with Gasteiger partial charge in [-0.2, -0.15) is 0 Å². The standard InChI is InChI=1S/C12H30N4.2ClH/c1-15(11-5-7-13)9-3-4-10-16(2)12-6-8-14;;/h3-14H2,1-2H3;2*1H. The molecule has 4 N–H and O–H groups in total. The molecule has 0 heterocycles. The molecule has 0 fully saturated rings. The quantitative estimate of drug-likeness (QED) is 0.563. The Bertz CT molecular complexity index is 134. The van der Waals surface area contributed by atoms with E-state index in [1.165, 1.54) is 25.9 Å². The van der Waals surface area contributed by atoms with E-state index >= 15 is 0 Å². The molecule has 0 aromatic carbocycles. The third-order valence-electron chi connectivity index (χ3n) is 2.82. The molecule has 0 amide bonds. The third-order valence-corrected chi connectivity index (χ3v) is 2.82. The zero-order valence-electron chi connectivity index (χ0n) is 11.9. The van der Waals surface area contributed by atoms with E-state index in [0.29, 0.717) is 0 Å². The zero-order chi connectivity index (χ0) is 12.2. The minimum Gasteiger partial charge on any atom is -0.330 e. The van der Waals surface area contributed by atoms with Crippen molar-refractivity contribution >= 4 is 24.8 Å². The molecule has 0 aromatic heterocycles. The van der Waals surface area contributed by atoms with E-state index < -0.39 is 0 Å². The molecule has 0 unspecified atom stereocenters. The van der Waals surface area contributed by atoms with E-state index in [4.69, 9.17) is 11.5 Å². The van der Waals surface area contributed by atoms with Gasteiger partial charge in [0.2, 0.25) is 0 Å². The molecular weight excluding hydrogens is 271 g/mol. The monoisotopic (exact) mass is 302 g/mol. The molecule has 0 aliphatic heterocycles. The molecule has 0 aliphatic rings. The van der Waals surface area contributed by atoms with Crippen LogP contribution in [0, 0.1) is 0 Å². The molecule has 0 rings (SSSR count). The lowest BCUT2D eigenvalue weighted by atomic mass is 10.2. The first-order valence-electron chi connectivity index (χ1n) is 6.48. The predicted molar refractivity (Wildman–Crippen MR) is 86.1 cm³/mol. The lowest BCUT2D eigenvalue weighted by Crippen LogP contribution is -2.25. The van der Waals surface area contributed by atoms with Crippen LogP contribution in [0.1, 0.15) is 25.7 Å². The van der Waals surface area contributed by atoms with Crippen molar-refractivity contribution in [2.24, 2.45) is 11.5 Å². The molecule has 18 heavy (non-hydrogen) atoms. The largest absolute Gasteiger partial charge is 0.330 e. The maximum atomic E-state index is 5.47. The highest BCUT2D eigenvalue weighted by Crippen LogP contribution is 1.96. The van der Waals surface area contributed by atoms with Crippen LogP contribution in [-0.2, 0) is 0 Å². The fourth-order valence-corrected chi connectivity index (χ4v) is 1.71. The normalized spacial score (nSPS) is 10.3. The second kappa shape index (κ2) is 17.4. The molecule has 0 radical (unpaired) electrons. The Morgan fingerprint density at radius 1 is 0.611 bits per heavy atom. The molecule has 6 heteroatoms. The van der Waals surface area contributed by atoms with Gasteiger partial charge in [-0.05, 0) is 79.0 Å². The summed E-state index contributed by atoms with van der Waals surface area (Å²) in [6.45, 7) is 6.22. The lowest BCUT2D eigenvalue weighted by molar-refractivity contribution is 0.291. The number of nitrogens with two attached hydrogens (primary N) is 2. The van der Waals surface area contributed by atoms with Gasteiger partial charge in [0.25, 0.3) is 0 Å². The summed E-state index contributed by atoms with van der Waals surface area (Å²) in [5.41, 5.74) is 10.9. The zero-order valence-corrected chi connectivity index (χ0v) is 13.6. The molecular formula is C12H32Cl2N4. The van der Waals surface area contributed by atoms with Crippen LogP contribution in [0.3, 0.4) is 0 Å². The Morgan fingerprint density at radius 3 is 1.17 bits per heavy atom. The van der Waals surface area contributed by atoms with E-state index in [0.717, 1.165) is 39.0 Å². The van der Waals surface area contributed by atoms with Crippen molar-refractivity contribution in [2.45, 2.75) is 25.7 Å². The molecule has 0 bridgehead atoms. The van der Waals surface area contributed by atoms with Crippen LogP contribution in [0.5, 0.6) is 0 Å². The summed E-state index contributed by atoms with van der Waals surface area (Å²) >= 11 is 0. The topological polar surface area (TPSA) is 58.5 Å². The summed E-state index contributed by atoms with van der Waals surface area (Å²) in [5, 5.41) is 0. The van der Waals surface area contributed by atoms with Crippen LogP contribution in [0.2, 0.25) is 0 Å². The van der Waals surface area contributed by atoms with Crippen LogP contribution in [0.15, 0.2) is 0 Å². The second-order valence-electron chi connectivity index (χ2n) is 4.60. The summed E-state index contributed by atoms with van der Waals surface area (Å²) < 4.78 is 0. The maximum absolute atomic E-state index is 5.47. The summed E-state index contributed by atoms with van der Waals surface area (Å²) in [7, 11) is 4.35. The molecule has 0 aliphatic carbocycles. The van der Waals surface area contributed by atoms with Gasteiger partial charge in [0, 0.05) is 0 Å². The summed E-state index contributed by atoms with van der Waals surface area (Å²) in [4.78, 5) is 4.74. The van der Waals surface area contributed by atoms with Crippen LogP contribution in [0.4, 0.5) is 0 Å².